The summed E-state index contributed by atoms with van der Waals surface area (Å²) < 4.78 is 32.8. The van der Waals surface area contributed by atoms with Crippen molar-refractivity contribution < 1.29 is 18.6 Å². The molecule has 0 amide bonds. The maximum absolute atomic E-state index is 12.8. The second kappa shape index (κ2) is 6.23. The van der Waals surface area contributed by atoms with Crippen LogP contribution in [0.1, 0.15) is 30.0 Å². The van der Waals surface area contributed by atoms with Gasteiger partial charge in [0.15, 0.2) is 0 Å². The van der Waals surface area contributed by atoms with E-state index in [4.69, 9.17) is 16.3 Å². The average molecular weight is 430 g/mol. The monoisotopic (exact) mass is 428 g/mol. The molecule has 2 aromatic carbocycles. The highest BCUT2D eigenvalue weighted by atomic mass is 79.9. The maximum Gasteiger partial charge on any atom is 0.387 e. The number of halogens is 4. The first-order valence-corrected chi connectivity index (χ1v) is 8.71. The maximum atomic E-state index is 12.8. The van der Waals surface area contributed by atoms with Crippen molar-refractivity contribution in [3.63, 3.8) is 0 Å². The van der Waals surface area contributed by atoms with Gasteiger partial charge in [-0.15, -0.1) is 0 Å². The molecule has 1 aromatic heterocycles. The lowest BCUT2D eigenvalue weighted by Crippen LogP contribution is -2.11. The second-order valence-corrected chi connectivity index (χ2v) is 7.06. The van der Waals surface area contributed by atoms with Crippen LogP contribution in [-0.4, -0.2) is 21.3 Å². The van der Waals surface area contributed by atoms with Crippen molar-refractivity contribution in [2.45, 2.75) is 25.2 Å². The molecule has 0 saturated heterocycles. The van der Waals surface area contributed by atoms with Crippen molar-refractivity contribution in [2.24, 2.45) is 0 Å². The van der Waals surface area contributed by atoms with Crippen LogP contribution < -0.4 is 4.74 Å². The van der Waals surface area contributed by atoms with Crippen molar-refractivity contribution in [1.82, 2.24) is 9.55 Å². The molecule has 0 spiro atoms. The Morgan fingerprint density at radius 2 is 2.12 bits per heavy atom. The zero-order valence-corrected chi connectivity index (χ0v) is 15.0. The summed E-state index contributed by atoms with van der Waals surface area (Å²) in [5, 5.41) is 11.0. The predicted octanol–water partition coefficient (Wildman–Crippen LogP) is 5.08. The van der Waals surface area contributed by atoms with Gasteiger partial charge in [0.05, 0.1) is 17.1 Å². The Labute approximate surface area is 155 Å². The van der Waals surface area contributed by atoms with Crippen molar-refractivity contribution in [3.8, 4) is 5.75 Å². The molecule has 0 radical (unpaired) electrons. The standard InChI is InChI=1S/C17H12BrClF2N2O2/c18-9-2-1-3-14(25-17(20)21)15(9)12-7-13(24)16-22-10-5-4-8(19)6-11(10)23(12)16/h1-6,12-13,17,24H,7H2/t12-,13?/m1/s1. The van der Waals surface area contributed by atoms with E-state index in [1.165, 1.54) is 6.07 Å². The fourth-order valence-electron chi connectivity index (χ4n) is 3.36. The van der Waals surface area contributed by atoms with E-state index < -0.39 is 18.8 Å². The molecule has 2 heterocycles. The Kier molecular flexibility index (Phi) is 4.17. The summed E-state index contributed by atoms with van der Waals surface area (Å²) >= 11 is 9.52. The highest BCUT2D eigenvalue weighted by Crippen LogP contribution is 2.46. The molecule has 4 rings (SSSR count). The highest BCUT2D eigenvalue weighted by Gasteiger charge is 2.36. The summed E-state index contributed by atoms with van der Waals surface area (Å²) in [6, 6.07) is 9.70. The fourth-order valence-corrected chi connectivity index (χ4v) is 4.13. The van der Waals surface area contributed by atoms with Crippen LogP contribution in [0, 0.1) is 0 Å². The van der Waals surface area contributed by atoms with Crippen molar-refractivity contribution >= 4 is 38.6 Å². The number of benzene rings is 2. The quantitative estimate of drug-likeness (QED) is 0.631. The van der Waals surface area contributed by atoms with Crippen LogP contribution in [0.15, 0.2) is 40.9 Å². The highest BCUT2D eigenvalue weighted by molar-refractivity contribution is 9.10. The molecule has 1 aliphatic rings. The number of aliphatic hydroxyl groups excluding tert-OH is 1. The van der Waals surface area contributed by atoms with Gasteiger partial charge in [0.1, 0.15) is 17.7 Å². The van der Waals surface area contributed by atoms with Crippen molar-refractivity contribution in [1.29, 1.82) is 0 Å². The van der Waals surface area contributed by atoms with Crippen LogP contribution in [0.5, 0.6) is 5.75 Å². The molecule has 130 valence electrons. The molecule has 1 unspecified atom stereocenters. The number of ether oxygens (including phenoxy) is 1. The first-order valence-electron chi connectivity index (χ1n) is 7.54. The minimum absolute atomic E-state index is 0.0679. The van der Waals surface area contributed by atoms with E-state index in [9.17, 15) is 13.9 Å². The molecule has 0 bridgehead atoms. The van der Waals surface area contributed by atoms with Crippen LogP contribution in [0.4, 0.5) is 8.78 Å². The first-order chi connectivity index (χ1) is 12.0. The zero-order chi connectivity index (χ0) is 17.7. The Balaban J connectivity index is 1.93. The fraction of sp³-hybridized carbons (Fsp3) is 0.235. The van der Waals surface area contributed by atoms with Gasteiger partial charge in [-0.3, -0.25) is 0 Å². The average Bonchev–Trinajstić information content (AvgIpc) is 3.05. The SMILES string of the molecule is OC1C[C@H](c2c(Br)cccc2OC(F)F)n2c1nc1ccc(Cl)cc12. The molecule has 0 fully saturated rings. The van der Waals surface area contributed by atoms with Crippen LogP contribution in [0.2, 0.25) is 5.02 Å². The lowest BCUT2D eigenvalue weighted by Gasteiger charge is -2.20. The van der Waals surface area contributed by atoms with Gasteiger partial charge < -0.3 is 14.4 Å². The Morgan fingerprint density at radius 3 is 2.88 bits per heavy atom. The van der Waals surface area contributed by atoms with Gasteiger partial charge in [0, 0.05) is 21.5 Å². The van der Waals surface area contributed by atoms with Crippen LogP contribution >= 0.6 is 27.5 Å². The third-order valence-electron chi connectivity index (χ3n) is 4.30. The van der Waals surface area contributed by atoms with Gasteiger partial charge in [0.2, 0.25) is 0 Å². The van der Waals surface area contributed by atoms with E-state index in [0.29, 0.717) is 32.8 Å². The number of rotatable bonds is 3. The molecule has 25 heavy (non-hydrogen) atoms. The Bertz CT molecular complexity index is 963. The van der Waals surface area contributed by atoms with Crippen LogP contribution in [0.3, 0.4) is 0 Å². The van der Waals surface area contributed by atoms with Gasteiger partial charge in [-0.1, -0.05) is 33.6 Å². The van der Waals surface area contributed by atoms with Crippen LogP contribution in [0.25, 0.3) is 11.0 Å². The van der Waals surface area contributed by atoms with Gasteiger partial charge in [-0.05, 0) is 30.3 Å². The number of nitrogens with zero attached hydrogens (tertiary/aromatic N) is 2. The number of alkyl halides is 2. The largest absolute Gasteiger partial charge is 0.434 e. The summed E-state index contributed by atoms with van der Waals surface area (Å²) in [6.07, 6.45) is -0.491. The number of fused-ring (bicyclic) bond motifs is 3. The number of aliphatic hydroxyl groups is 1. The lowest BCUT2D eigenvalue weighted by molar-refractivity contribution is -0.0507. The third-order valence-corrected chi connectivity index (χ3v) is 5.22. The summed E-state index contributed by atoms with van der Waals surface area (Å²) in [4.78, 5) is 4.46. The van der Waals surface area contributed by atoms with E-state index in [2.05, 4.69) is 20.9 Å². The molecule has 1 aliphatic heterocycles. The van der Waals surface area contributed by atoms with Gasteiger partial charge in [0.25, 0.3) is 0 Å². The van der Waals surface area contributed by atoms with E-state index in [1.807, 2.05) is 4.57 Å². The Morgan fingerprint density at radius 1 is 1.32 bits per heavy atom. The summed E-state index contributed by atoms with van der Waals surface area (Å²) in [5.41, 5.74) is 1.97. The molecule has 0 saturated carbocycles. The molecular formula is C17H12BrClF2N2O2. The third kappa shape index (κ3) is 2.80. The minimum atomic E-state index is -2.94. The molecule has 2 atom stereocenters. The molecule has 1 N–H and O–H groups in total. The van der Waals surface area contributed by atoms with E-state index in [-0.39, 0.29) is 5.75 Å². The van der Waals surface area contributed by atoms with Gasteiger partial charge >= 0.3 is 6.61 Å². The van der Waals surface area contributed by atoms with Crippen molar-refractivity contribution in [3.05, 3.63) is 57.3 Å². The number of hydrogen-bond acceptors (Lipinski definition) is 3. The topological polar surface area (TPSA) is 47.3 Å². The number of hydrogen-bond donors (Lipinski definition) is 1. The van der Waals surface area contributed by atoms with Crippen molar-refractivity contribution in [2.75, 3.05) is 0 Å². The smallest absolute Gasteiger partial charge is 0.387 e. The number of imidazole rings is 1. The molecule has 3 aromatic rings. The Hall–Kier alpha value is -1.70. The lowest BCUT2D eigenvalue weighted by atomic mass is 10.0. The molecule has 4 nitrogen and oxygen atoms in total. The number of aromatic nitrogens is 2. The van der Waals surface area contributed by atoms with E-state index >= 15 is 0 Å². The zero-order valence-electron chi connectivity index (χ0n) is 12.7. The van der Waals surface area contributed by atoms with Crippen LogP contribution in [-0.2, 0) is 0 Å². The summed E-state index contributed by atoms with van der Waals surface area (Å²) in [6.45, 7) is -2.94. The normalized spacial score (nSPS) is 19.6. The predicted molar refractivity (Wildman–Crippen MR) is 93.2 cm³/mol. The van der Waals surface area contributed by atoms with E-state index in [1.54, 1.807) is 30.3 Å². The minimum Gasteiger partial charge on any atom is -0.434 e. The molecule has 0 aliphatic carbocycles. The summed E-state index contributed by atoms with van der Waals surface area (Å²) in [7, 11) is 0. The molecular weight excluding hydrogens is 418 g/mol. The summed E-state index contributed by atoms with van der Waals surface area (Å²) in [5.74, 6) is 0.555. The first kappa shape index (κ1) is 16.8. The van der Waals surface area contributed by atoms with Gasteiger partial charge in [-0.25, -0.2) is 4.98 Å². The van der Waals surface area contributed by atoms with Gasteiger partial charge in [-0.2, -0.15) is 8.78 Å². The van der Waals surface area contributed by atoms with E-state index in [0.717, 1.165) is 5.52 Å². The molecule has 8 heteroatoms. The second-order valence-electron chi connectivity index (χ2n) is 5.77.